The summed E-state index contributed by atoms with van der Waals surface area (Å²) in [7, 11) is 1.86. The van der Waals surface area contributed by atoms with Crippen LogP contribution in [0.4, 0.5) is 0 Å². The van der Waals surface area contributed by atoms with Gasteiger partial charge in [0.25, 0.3) is 0 Å². The van der Waals surface area contributed by atoms with Crippen molar-refractivity contribution in [2.75, 3.05) is 7.05 Å². The molecule has 0 fully saturated rings. The molecule has 3 nitrogen and oxygen atoms in total. The molecule has 1 aromatic carbocycles. The van der Waals surface area contributed by atoms with Gasteiger partial charge in [-0.15, -0.1) is 0 Å². The zero-order valence-electron chi connectivity index (χ0n) is 9.78. The van der Waals surface area contributed by atoms with E-state index in [0.717, 1.165) is 17.4 Å². The topological polar surface area (TPSA) is 46.3 Å². The number of hydrogen-bond donors (Lipinski definition) is 1. The lowest BCUT2D eigenvalue weighted by Crippen LogP contribution is -2.43. The van der Waals surface area contributed by atoms with Crippen molar-refractivity contribution in [2.24, 2.45) is 5.73 Å². The number of carbonyl (C=O) groups excluding carboxylic acids is 1. The molecule has 2 unspecified atom stereocenters. The Labute approximate surface area is 101 Å². The fourth-order valence-corrected chi connectivity index (χ4v) is 1.94. The van der Waals surface area contributed by atoms with Crippen LogP contribution in [0.2, 0.25) is 0 Å². The summed E-state index contributed by atoms with van der Waals surface area (Å²) in [5.74, 6) is 0. The maximum absolute atomic E-state index is 11.0. The molecule has 88 valence electrons. The third-order valence-electron chi connectivity index (χ3n) is 2.97. The second-order valence-corrected chi connectivity index (χ2v) is 4.17. The van der Waals surface area contributed by atoms with Gasteiger partial charge in [0.15, 0.2) is 0 Å². The van der Waals surface area contributed by atoms with Crippen molar-refractivity contribution >= 4 is 11.9 Å². The Balaban J connectivity index is 2.36. The minimum absolute atomic E-state index is 0.289. The van der Waals surface area contributed by atoms with Crippen LogP contribution in [0.25, 0.3) is 5.57 Å². The molecule has 0 saturated carbocycles. The van der Waals surface area contributed by atoms with Gasteiger partial charge in [-0.05, 0) is 17.2 Å². The first kappa shape index (κ1) is 11.6. The van der Waals surface area contributed by atoms with Gasteiger partial charge in [-0.3, -0.25) is 0 Å². The van der Waals surface area contributed by atoms with Gasteiger partial charge in [0.2, 0.25) is 0 Å². The lowest BCUT2D eigenvalue weighted by atomic mass is 10.0. The summed E-state index contributed by atoms with van der Waals surface area (Å²) in [5.41, 5.74) is 8.18. The molecule has 1 heterocycles. The van der Waals surface area contributed by atoms with Crippen LogP contribution in [0.15, 0.2) is 48.7 Å². The Morgan fingerprint density at radius 3 is 2.65 bits per heavy atom. The highest BCUT2D eigenvalue weighted by molar-refractivity contribution is 5.76. The summed E-state index contributed by atoms with van der Waals surface area (Å²) >= 11 is 0. The van der Waals surface area contributed by atoms with E-state index in [1.54, 1.807) is 0 Å². The maximum Gasteiger partial charge on any atom is 0.144 e. The van der Waals surface area contributed by atoms with Gasteiger partial charge < -0.3 is 15.4 Å². The number of carbonyl (C=O) groups is 1. The van der Waals surface area contributed by atoms with E-state index >= 15 is 0 Å². The first-order valence-corrected chi connectivity index (χ1v) is 5.60. The Kier molecular flexibility index (Phi) is 3.40. The van der Waals surface area contributed by atoms with Crippen LogP contribution < -0.4 is 5.73 Å². The molecule has 2 atom stereocenters. The largest absolute Gasteiger partial charge is 0.369 e. The number of benzene rings is 1. The Hall–Kier alpha value is -1.87. The molecule has 3 heteroatoms. The Morgan fingerprint density at radius 1 is 1.29 bits per heavy atom. The van der Waals surface area contributed by atoms with E-state index in [2.05, 4.69) is 0 Å². The van der Waals surface area contributed by atoms with Crippen molar-refractivity contribution in [3.8, 4) is 0 Å². The van der Waals surface area contributed by atoms with Crippen LogP contribution in [0.1, 0.15) is 5.56 Å². The van der Waals surface area contributed by atoms with Gasteiger partial charge >= 0.3 is 0 Å². The molecule has 0 aliphatic carbocycles. The number of nitrogens with zero attached hydrogens (tertiary/aromatic N) is 1. The summed E-state index contributed by atoms with van der Waals surface area (Å²) < 4.78 is 0. The SMILES string of the molecule is CN1C=CC(c2ccccc2)=CC(N)C1C=O. The zero-order valence-corrected chi connectivity index (χ0v) is 9.78. The van der Waals surface area contributed by atoms with Crippen LogP contribution in [-0.4, -0.2) is 30.3 Å². The normalized spacial score (nSPS) is 24.1. The highest BCUT2D eigenvalue weighted by Gasteiger charge is 2.20. The maximum atomic E-state index is 11.0. The van der Waals surface area contributed by atoms with Crippen LogP contribution in [0, 0.1) is 0 Å². The molecule has 17 heavy (non-hydrogen) atoms. The average Bonchev–Trinajstić information content (AvgIpc) is 2.49. The van der Waals surface area contributed by atoms with E-state index < -0.39 is 0 Å². The fourth-order valence-electron chi connectivity index (χ4n) is 1.94. The number of aldehydes is 1. The van der Waals surface area contributed by atoms with Crippen molar-refractivity contribution in [3.05, 3.63) is 54.2 Å². The van der Waals surface area contributed by atoms with E-state index in [-0.39, 0.29) is 12.1 Å². The van der Waals surface area contributed by atoms with E-state index in [9.17, 15) is 4.79 Å². The van der Waals surface area contributed by atoms with Gasteiger partial charge in [-0.1, -0.05) is 36.4 Å². The quantitative estimate of drug-likeness (QED) is 0.779. The fraction of sp³-hybridized carbons (Fsp3) is 0.214. The number of rotatable bonds is 2. The summed E-state index contributed by atoms with van der Waals surface area (Å²) in [5, 5.41) is 0. The number of nitrogens with two attached hydrogens (primary N) is 1. The number of hydrogen-bond acceptors (Lipinski definition) is 3. The first-order chi connectivity index (χ1) is 8.22. The highest BCUT2D eigenvalue weighted by atomic mass is 16.1. The molecule has 0 bridgehead atoms. The van der Waals surface area contributed by atoms with Crippen LogP contribution in [0.3, 0.4) is 0 Å². The van der Waals surface area contributed by atoms with Crippen LogP contribution >= 0.6 is 0 Å². The van der Waals surface area contributed by atoms with Crippen LogP contribution in [0.5, 0.6) is 0 Å². The van der Waals surface area contributed by atoms with Crippen molar-refractivity contribution in [3.63, 3.8) is 0 Å². The summed E-state index contributed by atoms with van der Waals surface area (Å²) in [6.45, 7) is 0. The van der Waals surface area contributed by atoms with Crippen molar-refractivity contribution in [2.45, 2.75) is 12.1 Å². The standard InChI is InChI=1S/C14H16N2O/c1-16-8-7-12(9-13(15)14(16)10-17)11-5-3-2-4-6-11/h2-10,13-14H,15H2,1H3. The lowest BCUT2D eigenvalue weighted by molar-refractivity contribution is -0.111. The van der Waals surface area contributed by atoms with Gasteiger partial charge in [-0.2, -0.15) is 0 Å². The molecule has 2 N–H and O–H groups in total. The molecule has 0 radical (unpaired) electrons. The van der Waals surface area contributed by atoms with Gasteiger partial charge in [0.1, 0.15) is 12.3 Å². The predicted octanol–water partition coefficient (Wildman–Crippen LogP) is 1.42. The molecular weight excluding hydrogens is 212 g/mol. The monoisotopic (exact) mass is 228 g/mol. The third kappa shape index (κ3) is 2.45. The average molecular weight is 228 g/mol. The lowest BCUT2D eigenvalue weighted by Gasteiger charge is -2.23. The molecule has 0 spiro atoms. The Bertz CT molecular complexity index is 451. The van der Waals surface area contributed by atoms with Crippen molar-refractivity contribution in [1.82, 2.24) is 4.90 Å². The minimum atomic E-state index is -0.299. The molecular formula is C14H16N2O. The van der Waals surface area contributed by atoms with Gasteiger partial charge in [0, 0.05) is 13.2 Å². The van der Waals surface area contributed by atoms with Crippen LogP contribution in [-0.2, 0) is 4.79 Å². The molecule has 1 aliphatic heterocycles. The summed E-state index contributed by atoms with van der Waals surface area (Å²) in [6.07, 6.45) is 6.71. The summed E-state index contributed by atoms with van der Waals surface area (Å²) in [6, 6.07) is 9.43. The summed E-state index contributed by atoms with van der Waals surface area (Å²) in [4.78, 5) is 12.8. The second-order valence-electron chi connectivity index (χ2n) is 4.17. The smallest absolute Gasteiger partial charge is 0.144 e. The van der Waals surface area contributed by atoms with E-state index in [0.29, 0.717) is 0 Å². The molecule has 0 aromatic heterocycles. The number of allylic oxidation sites excluding steroid dienone is 2. The van der Waals surface area contributed by atoms with Gasteiger partial charge in [-0.25, -0.2) is 0 Å². The molecule has 2 rings (SSSR count). The minimum Gasteiger partial charge on any atom is -0.369 e. The molecule has 1 aliphatic rings. The van der Waals surface area contributed by atoms with E-state index in [1.165, 1.54) is 0 Å². The first-order valence-electron chi connectivity index (χ1n) is 5.60. The third-order valence-corrected chi connectivity index (χ3v) is 2.97. The van der Waals surface area contributed by atoms with Crippen molar-refractivity contribution < 1.29 is 4.79 Å². The van der Waals surface area contributed by atoms with Crippen molar-refractivity contribution in [1.29, 1.82) is 0 Å². The van der Waals surface area contributed by atoms with E-state index in [1.807, 2.05) is 60.6 Å². The Morgan fingerprint density at radius 2 is 2.00 bits per heavy atom. The highest BCUT2D eigenvalue weighted by Crippen LogP contribution is 2.20. The predicted molar refractivity (Wildman–Crippen MR) is 69.1 cm³/mol. The molecule has 0 saturated heterocycles. The molecule has 1 aromatic rings. The second kappa shape index (κ2) is 4.97. The van der Waals surface area contributed by atoms with E-state index in [4.69, 9.17) is 5.73 Å². The van der Waals surface area contributed by atoms with Gasteiger partial charge in [0.05, 0.1) is 6.04 Å². The molecule has 0 amide bonds. The number of likely N-dealkylation sites (N-methyl/N-ethyl adjacent to an activating group) is 1. The zero-order chi connectivity index (χ0) is 12.3.